The van der Waals surface area contributed by atoms with Crippen LogP contribution in [0.2, 0.25) is 0 Å². The summed E-state index contributed by atoms with van der Waals surface area (Å²) in [5, 5.41) is 15.6. The molecule has 0 spiro atoms. The lowest BCUT2D eigenvalue weighted by Crippen LogP contribution is -2.43. The van der Waals surface area contributed by atoms with Crippen molar-refractivity contribution in [2.75, 3.05) is 81.5 Å². The molecule has 4 amide bonds. The van der Waals surface area contributed by atoms with Gasteiger partial charge in [-0.2, -0.15) is 0 Å². The lowest BCUT2D eigenvalue weighted by atomic mass is 10.1. The summed E-state index contributed by atoms with van der Waals surface area (Å²) in [5.41, 5.74) is 1.48. The van der Waals surface area contributed by atoms with Gasteiger partial charge in [0, 0.05) is 81.5 Å². The lowest BCUT2D eigenvalue weighted by Gasteiger charge is -2.28. The first-order valence-electron chi connectivity index (χ1n) is 23.4. The molecule has 4 aliphatic rings. The summed E-state index contributed by atoms with van der Waals surface area (Å²) in [6.07, 6.45) is 5.74. The van der Waals surface area contributed by atoms with Gasteiger partial charge in [-0.15, -0.1) is 0 Å². The molecule has 5 N–H and O–H groups in total. The average Bonchev–Trinajstić information content (AvgIpc) is 3.71. The number of anilines is 6. The third-order valence-corrected chi connectivity index (χ3v) is 12.7. The number of fused-ring (bicyclic) bond motifs is 2. The third-order valence-electron chi connectivity index (χ3n) is 12.7. The molecule has 2 saturated heterocycles. The second-order valence-corrected chi connectivity index (χ2v) is 17.4. The minimum absolute atomic E-state index is 0.0170. The molecule has 18 nitrogen and oxygen atoms in total. The Kier molecular flexibility index (Phi) is 15.7. The third kappa shape index (κ3) is 11.1. The number of carbonyl (C=O) groups excluding carboxylic acids is 4. The number of ether oxygens (including phenoxy) is 4. The molecule has 0 radical (unpaired) electrons. The van der Waals surface area contributed by atoms with Crippen LogP contribution in [-0.2, 0) is 32.2 Å². The summed E-state index contributed by atoms with van der Waals surface area (Å²) < 4.78 is 55.5. The van der Waals surface area contributed by atoms with E-state index in [1.54, 1.807) is 65.4 Å². The molecule has 0 aliphatic carbocycles. The highest BCUT2D eigenvalue weighted by atomic mass is 19.1. The van der Waals surface area contributed by atoms with E-state index in [4.69, 9.17) is 18.9 Å². The van der Waals surface area contributed by atoms with Gasteiger partial charge in [0.25, 0.3) is 11.8 Å². The Morgan fingerprint density at radius 2 is 1.36 bits per heavy atom. The Hall–Kier alpha value is -7.32. The minimum atomic E-state index is -1.02. The van der Waals surface area contributed by atoms with Crippen LogP contribution in [0, 0.1) is 11.6 Å². The highest BCUT2D eigenvalue weighted by Gasteiger charge is 2.40. The Balaban J connectivity index is 1.02. The molecule has 0 bridgehead atoms. The highest BCUT2D eigenvalue weighted by Crippen LogP contribution is 2.38. The smallest absolute Gasteiger partial charge is 0.261 e. The summed E-state index contributed by atoms with van der Waals surface area (Å²) in [5.74, 6) is -1.55. The van der Waals surface area contributed by atoms with Gasteiger partial charge in [-0.1, -0.05) is 13.2 Å². The molecule has 20 heteroatoms. The van der Waals surface area contributed by atoms with E-state index >= 15 is 8.78 Å². The number of benzene rings is 2. The van der Waals surface area contributed by atoms with Gasteiger partial charge in [-0.3, -0.25) is 24.1 Å². The van der Waals surface area contributed by atoms with Crippen LogP contribution in [-0.4, -0.2) is 127 Å². The predicted molar refractivity (Wildman–Crippen MR) is 259 cm³/mol. The van der Waals surface area contributed by atoms with E-state index in [9.17, 15) is 19.2 Å². The van der Waals surface area contributed by atoms with Crippen molar-refractivity contribution < 1.29 is 46.9 Å². The zero-order valence-electron chi connectivity index (χ0n) is 39.3. The second-order valence-electron chi connectivity index (χ2n) is 17.4. The Labute approximate surface area is 404 Å². The number of rotatable bonds is 19. The topological polar surface area (TPSA) is 201 Å². The van der Waals surface area contributed by atoms with E-state index < -0.39 is 29.7 Å². The van der Waals surface area contributed by atoms with Gasteiger partial charge >= 0.3 is 0 Å². The monoisotopic (exact) mass is 964 g/mol. The van der Waals surface area contributed by atoms with Crippen LogP contribution in [0.25, 0.3) is 0 Å². The molecule has 0 saturated carbocycles. The molecule has 8 rings (SSSR count). The molecule has 70 heavy (non-hydrogen) atoms. The van der Waals surface area contributed by atoms with Gasteiger partial charge in [0.15, 0.2) is 29.5 Å². The van der Waals surface area contributed by atoms with Crippen molar-refractivity contribution >= 4 is 58.3 Å². The van der Waals surface area contributed by atoms with Crippen LogP contribution in [0.4, 0.5) is 43.4 Å². The number of hydrogen-bond donors (Lipinski definition) is 5. The van der Waals surface area contributed by atoms with E-state index in [-0.39, 0.29) is 89.1 Å². The summed E-state index contributed by atoms with van der Waals surface area (Å²) in [7, 11) is 3.05. The maximum atomic E-state index is 16.8. The first-order valence-corrected chi connectivity index (χ1v) is 23.4. The van der Waals surface area contributed by atoms with Gasteiger partial charge < -0.3 is 55.3 Å². The fourth-order valence-electron chi connectivity index (χ4n) is 9.08. The lowest BCUT2D eigenvalue weighted by molar-refractivity contribution is -0.126. The molecule has 2 aromatic heterocycles. The van der Waals surface area contributed by atoms with E-state index in [1.807, 2.05) is 0 Å². The molecule has 4 aromatic rings. The number of aromatic nitrogens is 2. The van der Waals surface area contributed by atoms with E-state index in [1.165, 1.54) is 24.2 Å². The number of amides is 4. The number of carbonyl (C=O) groups is 4. The maximum Gasteiger partial charge on any atom is 0.261 e. The van der Waals surface area contributed by atoms with Crippen molar-refractivity contribution in [1.82, 2.24) is 30.0 Å². The number of likely N-dealkylation sites (tertiary alicyclic amines) is 2. The maximum absolute atomic E-state index is 16.8. The van der Waals surface area contributed by atoms with Crippen molar-refractivity contribution in [3.63, 3.8) is 0 Å². The number of nitrogens with zero attached hydrogens (tertiary/aromatic N) is 5. The van der Waals surface area contributed by atoms with Crippen molar-refractivity contribution in [2.24, 2.45) is 0 Å². The quantitative estimate of drug-likeness (QED) is 0.0506. The van der Waals surface area contributed by atoms with Gasteiger partial charge in [-0.25, -0.2) is 18.7 Å². The van der Waals surface area contributed by atoms with Crippen molar-refractivity contribution in [2.45, 2.75) is 69.9 Å². The molecule has 6 heterocycles. The zero-order valence-corrected chi connectivity index (χ0v) is 39.3. The van der Waals surface area contributed by atoms with Crippen LogP contribution in [0.1, 0.15) is 70.4 Å². The normalized spacial score (nSPS) is 18.1. The first kappa shape index (κ1) is 49.1. The molecule has 3 unspecified atom stereocenters. The molecular formula is C50H58F2N10O8. The zero-order chi connectivity index (χ0) is 49.3. The SMILES string of the molecule is C=CC(=O)N1CCCC(Nc2nc(Nc3ccc(OCCOC)cc3)c3c(c2F)CN(C(COC)Oc2ccc(Nc4nc(NC5CCCCN(C(=O)C=C)C5)c(F)c5c4C(=O)NC5)cc2)C3=O)CC1. The van der Waals surface area contributed by atoms with Crippen LogP contribution in [0.15, 0.2) is 73.8 Å². The summed E-state index contributed by atoms with van der Waals surface area (Å²) >= 11 is 0. The van der Waals surface area contributed by atoms with Crippen molar-refractivity contribution in [1.29, 1.82) is 0 Å². The van der Waals surface area contributed by atoms with Gasteiger partial charge in [0.1, 0.15) is 36.3 Å². The van der Waals surface area contributed by atoms with Crippen LogP contribution >= 0.6 is 0 Å². The predicted octanol–water partition coefficient (Wildman–Crippen LogP) is 6.48. The number of methoxy groups -OCH3 is 2. The van der Waals surface area contributed by atoms with Gasteiger partial charge in [-0.05, 0) is 99.2 Å². The van der Waals surface area contributed by atoms with E-state index in [0.29, 0.717) is 87.9 Å². The fourth-order valence-corrected chi connectivity index (χ4v) is 9.08. The van der Waals surface area contributed by atoms with Crippen LogP contribution in [0.3, 0.4) is 0 Å². The molecule has 4 aliphatic heterocycles. The van der Waals surface area contributed by atoms with E-state index in [0.717, 1.165) is 12.8 Å². The highest BCUT2D eigenvalue weighted by molar-refractivity contribution is 6.04. The molecular weight excluding hydrogens is 907 g/mol. The minimum Gasteiger partial charge on any atom is -0.491 e. The first-order chi connectivity index (χ1) is 34.0. The standard InChI is InChI=1S/C50H58F2N10O8/c1-5-38(63)60-22-9-11-30(20-23-60)56-48-44(52)37-28-62(50(66)42(37)46(59-48)55-31-12-16-34(17-13-31)69-25-24-67-3)40(29-68-4)70-35-18-14-32(15-19-35)54-45-41-36(26-53-49(41)65)43(51)47(58-45)57-33-10-7-8-21-61(27-33)39(64)6-2/h5-6,12-19,30,33,40H,1-2,7-11,20-29H2,3-4H3,(H,53,65)(H2,54,57,58)(H2,55,56,59). The van der Waals surface area contributed by atoms with Crippen molar-refractivity contribution in [3.8, 4) is 11.5 Å². The van der Waals surface area contributed by atoms with Crippen LogP contribution in [0.5, 0.6) is 11.5 Å². The summed E-state index contributed by atoms with van der Waals surface area (Å²) in [6.45, 7) is 9.65. The van der Waals surface area contributed by atoms with Crippen LogP contribution < -0.4 is 36.1 Å². The molecule has 370 valence electrons. The van der Waals surface area contributed by atoms with E-state index in [2.05, 4.69) is 49.7 Å². The van der Waals surface area contributed by atoms with Crippen molar-refractivity contribution in [3.05, 3.63) is 108 Å². The summed E-state index contributed by atoms with van der Waals surface area (Å²) in [4.78, 5) is 66.4. The second kappa shape index (κ2) is 22.4. The number of hydrogen-bond acceptors (Lipinski definition) is 14. The summed E-state index contributed by atoms with van der Waals surface area (Å²) in [6, 6.07) is 13.2. The molecule has 2 fully saturated rings. The Bertz CT molecular complexity index is 2600. The Morgan fingerprint density at radius 1 is 0.743 bits per heavy atom. The number of pyridine rings is 2. The average molecular weight is 965 g/mol. The van der Waals surface area contributed by atoms with Gasteiger partial charge in [0.2, 0.25) is 11.8 Å². The fraction of sp³-hybridized carbons (Fsp3) is 0.400. The largest absolute Gasteiger partial charge is 0.491 e. The number of nitrogens with one attached hydrogen (secondary N) is 5. The number of halogens is 2. The Morgan fingerprint density at radius 3 is 2.03 bits per heavy atom. The molecule has 2 aromatic carbocycles. The van der Waals surface area contributed by atoms with Gasteiger partial charge in [0.05, 0.1) is 24.3 Å². The molecule has 3 atom stereocenters.